The number of methoxy groups -OCH3 is 2. The van der Waals surface area contributed by atoms with Gasteiger partial charge < -0.3 is 20.1 Å². The van der Waals surface area contributed by atoms with Crippen molar-refractivity contribution in [2.45, 2.75) is 11.8 Å². The van der Waals surface area contributed by atoms with Gasteiger partial charge >= 0.3 is 0 Å². The molecular weight excluding hydrogens is 500 g/mol. The molecule has 3 rings (SSSR count). The fourth-order valence-electron chi connectivity index (χ4n) is 3.16. The number of carbonyl (C=O) groups excluding carboxylic acids is 1. The second-order valence-electron chi connectivity index (χ2n) is 6.98. The molecule has 0 atom stereocenters. The van der Waals surface area contributed by atoms with E-state index >= 15 is 0 Å². The van der Waals surface area contributed by atoms with Crippen molar-refractivity contribution in [1.29, 1.82) is 0 Å². The number of anilines is 2. The van der Waals surface area contributed by atoms with Gasteiger partial charge in [-0.3, -0.25) is 4.79 Å². The summed E-state index contributed by atoms with van der Waals surface area (Å²) in [5.41, 5.74) is 1.92. The van der Waals surface area contributed by atoms with Gasteiger partial charge in [0.1, 0.15) is 11.5 Å². The van der Waals surface area contributed by atoms with Crippen molar-refractivity contribution in [2.24, 2.45) is 0 Å². The first-order valence-corrected chi connectivity index (χ1v) is 12.9. The molecule has 0 saturated carbocycles. The van der Waals surface area contributed by atoms with Crippen LogP contribution in [-0.4, -0.2) is 58.0 Å². The predicted octanol–water partition coefficient (Wildman–Crippen LogP) is 4.17. The number of halogens is 1. The Labute approximate surface area is 207 Å². The number of sulfonamides is 1. The zero-order valence-corrected chi connectivity index (χ0v) is 21.5. The molecule has 2 aromatic carbocycles. The Morgan fingerprint density at radius 3 is 2.44 bits per heavy atom. The van der Waals surface area contributed by atoms with Gasteiger partial charge in [-0.05, 0) is 36.4 Å². The van der Waals surface area contributed by atoms with E-state index in [9.17, 15) is 13.2 Å². The lowest BCUT2D eigenvalue weighted by atomic mass is 10.1. The van der Waals surface area contributed by atoms with Crippen molar-refractivity contribution in [3.05, 3.63) is 46.8 Å². The maximum absolute atomic E-state index is 13.1. The lowest BCUT2D eigenvalue weighted by Crippen LogP contribution is -2.37. The summed E-state index contributed by atoms with van der Waals surface area (Å²) in [6.45, 7) is 1.34. The highest BCUT2D eigenvalue weighted by molar-refractivity contribution is 7.89. The molecule has 0 spiro atoms. The number of hydrogen-bond acceptors (Lipinski definition) is 8. The van der Waals surface area contributed by atoms with Crippen molar-refractivity contribution in [1.82, 2.24) is 9.29 Å². The summed E-state index contributed by atoms with van der Waals surface area (Å²) in [6.07, 6.45) is 0. The Morgan fingerprint density at radius 1 is 1.15 bits per heavy atom. The number of nitrogens with zero attached hydrogens (tertiary/aromatic N) is 2. The monoisotopic (exact) mass is 524 g/mol. The van der Waals surface area contributed by atoms with Gasteiger partial charge in [-0.1, -0.05) is 18.5 Å². The summed E-state index contributed by atoms with van der Waals surface area (Å²) >= 11 is 7.55. The van der Waals surface area contributed by atoms with E-state index in [1.54, 1.807) is 26.1 Å². The van der Waals surface area contributed by atoms with Crippen molar-refractivity contribution in [2.75, 3.05) is 45.0 Å². The van der Waals surface area contributed by atoms with Crippen LogP contribution in [0.1, 0.15) is 6.92 Å². The highest BCUT2D eigenvalue weighted by atomic mass is 35.5. The maximum atomic E-state index is 13.1. The van der Waals surface area contributed by atoms with Crippen molar-refractivity contribution in [3.8, 4) is 22.8 Å². The summed E-state index contributed by atoms with van der Waals surface area (Å²) in [6, 6.07) is 9.45. The molecule has 0 unspecified atom stereocenters. The van der Waals surface area contributed by atoms with Gasteiger partial charge in [-0.25, -0.2) is 13.4 Å². The minimum absolute atomic E-state index is 0.0311. The second kappa shape index (κ2) is 11.0. The first kappa shape index (κ1) is 25.8. The number of thiazole rings is 1. The molecule has 2 N–H and O–H groups in total. The SMILES string of the molecule is CCN(CC(=O)Nc1cc(-c2csc(NC)n2)ccc1OC)S(=O)(=O)c1ccc(OC)c(Cl)c1. The van der Waals surface area contributed by atoms with Crippen LogP contribution in [0.5, 0.6) is 11.5 Å². The number of hydrogen-bond donors (Lipinski definition) is 2. The van der Waals surface area contributed by atoms with Crippen molar-refractivity contribution < 1.29 is 22.7 Å². The number of nitrogens with one attached hydrogen (secondary N) is 2. The molecule has 0 aliphatic carbocycles. The van der Waals surface area contributed by atoms with Gasteiger partial charge in [0, 0.05) is 24.5 Å². The Bertz CT molecular complexity index is 1280. The van der Waals surface area contributed by atoms with Gasteiger partial charge in [-0.15, -0.1) is 11.3 Å². The van der Waals surface area contributed by atoms with Crippen molar-refractivity contribution >= 4 is 49.7 Å². The fourth-order valence-corrected chi connectivity index (χ4v) is 5.59. The minimum Gasteiger partial charge on any atom is -0.495 e. The number of likely N-dealkylation sites (N-methyl/N-ethyl adjacent to an activating group) is 1. The Hall–Kier alpha value is -2.86. The lowest BCUT2D eigenvalue weighted by Gasteiger charge is -2.21. The predicted molar refractivity (Wildman–Crippen MR) is 135 cm³/mol. The summed E-state index contributed by atoms with van der Waals surface area (Å²) < 4.78 is 37.7. The molecule has 1 aromatic heterocycles. The highest BCUT2D eigenvalue weighted by Gasteiger charge is 2.26. The quantitative estimate of drug-likeness (QED) is 0.409. The van der Waals surface area contributed by atoms with Crippen LogP contribution < -0.4 is 20.1 Å². The van der Waals surface area contributed by atoms with Crippen LogP contribution in [0.25, 0.3) is 11.3 Å². The molecule has 0 aliphatic rings. The number of benzene rings is 2. The lowest BCUT2D eigenvalue weighted by molar-refractivity contribution is -0.116. The molecule has 182 valence electrons. The van der Waals surface area contributed by atoms with Crippen LogP contribution in [0.15, 0.2) is 46.7 Å². The number of carbonyl (C=O) groups is 1. The van der Waals surface area contributed by atoms with Gasteiger partial charge in [0.15, 0.2) is 5.13 Å². The molecular formula is C22H25ClN4O5S2. The molecule has 12 heteroatoms. The van der Waals surface area contributed by atoms with E-state index in [4.69, 9.17) is 21.1 Å². The molecule has 1 heterocycles. The zero-order valence-electron chi connectivity index (χ0n) is 19.1. The van der Waals surface area contributed by atoms with Crippen molar-refractivity contribution in [3.63, 3.8) is 0 Å². The van der Waals surface area contributed by atoms with Gasteiger partial charge in [-0.2, -0.15) is 4.31 Å². The van der Waals surface area contributed by atoms with E-state index in [1.807, 2.05) is 11.4 Å². The molecule has 0 radical (unpaired) electrons. The average Bonchev–Trinajstić information content (AvgIpc) is 3.31. The molecule has 34 heavy (non-hydrogen) atoms. The summed E-state index contributed by atoms with van der Waals surface area (Å²) in [7, 11) is 0.749. The molecule has 1 amide bonds. The van der Waals surface area contributed by atoms with Crippen LogP contribution >= 0.6 is 22.9 Å². The van der Waals surface area contributed by atoms with Gasteiger partial charge in [0.2, 0.25) is 15.9 Å². The van der Waals surface area contributed by atoms with Gasteiger partial charge in [0.25, 0.3) is 0 Å². The molecule has 0 bridgehead atoms. The number of aromatic nitrogens is 1. The standard InChI is InChI=1S/C22H25ClN4O5S2/c1-5-27(34(29,30)15-7-9-19(31-3)16(23)11-15)12-21(28)25-17-10-14(6-8-20(17)32-4)18-13-33-22(24-2)26-18/h6-11,13H,5,12H2,1-4H3,(H,24,26)(H,25,28). The molecule has 9 nitrogen and oxygen atoms in total. The highest BCUT2D eigenvalue weighted by Crippen LogP contribution is 2.32. The first-order chi connectivity index (χ1) is 16.2. The molecule has 0 aliphatic heterocycles. The van der Waals surface area contributed by atoms with E-state index in [-0.39, 0.29) is 16.5 Å². The van der Waals surface area contributed by atoms with E-state index in [0.29, 0.717) is 17.2 Å². The average molecular weight is 525 g/mol. The Balaban J connectivity index is 1.81. The third-order valence-corrected chi connectivity index (χ3v) is 7.99. The van der Waals surface area contributed by atoms with E-state index in [1.165, 1.54) is 43.8 Å². The van der Waals surface area contributed by atoms with Crippen LogP contribution in [0.2, 0.25) is 5.02 Å². The second-order valence-corrected chi connectivity index (χ2v) is 10.2. The van der Waals surface area contributed by atoms with Crippen LogP contribution in [0.4, 0.5) is 10.8 Å². The van der Waals surface area contributed by atoms with E-state index in [2.05, 4.69) is 15.6 Å². The Kier molecular flexibility index (Phi) is 8.37. The van der Waals surface area contributed by atoms with E-state index < -0.39 is 22.5 Å². The number of amides is 1. The minimum atomic E-state index is -3.97. The largest absolute Gasteiger partial charge is 0.495 e. The fraction of sp³-hybridized carbons (Fsp3) is 0.273. The summed E-state index contributed by atoms with van der Waals surface area (Å²) in [5.74, 6) is 0.277. The molecule has 3 aromatic rings. The number of rotatable bonds is 10. The van der Waals surface area contributed by atoms with Crippen LogP contribution in [0.3, 0.4) is 0 Å². The normalized spacial score (nSPS) is 11.4. The first-order valence-electron chi connectivity index (χ1n) is 10.2. The summed E-state index contributed by atoms with van der Waals surface area (Å²) in [5, 5.41) is 8.56. The third-order valence-electron chi connectivity index (χ3n) is 4.92. The van der Waals surface area contributed by atoms with Crippen LogP contribution in [0, 0.1) is 0 Å². The summed E-state index contributed by atoms with van der Waals surface area (Å²) in [4.78, 5) is 17.3. The van der Waals surface area contributed by atoms with E-state index in [0.717, 1.165) is 20.7 Å². The molecule has 0 saturated heterocycles. The Morgan fingerprint density at radius 2 is 1.85 bits per heavy atom. The maximum Gasteiger partial charge on any atom is 0.243 e. The number of ether oxygens (including phenoxy) is 2. The third kappa shape index (κ3) is 5.61. The topological polar surface area (TPSA) is 110 Å². The molecule has 0 fully saturated rings. The van der Waals surface area contributed by atoms with Gasteiger partial charge in [0.05, 0.1) is 42.1 Å². The zero-order chi connectivity index (χ0) is 24.9. The smallest absolute Gasteiger partial charge is 0.243 e. The van der Waals surface area contributed by atoms with Crippen LogP contribution in [-0.2, 0) is 14.8 Å².